The Bertz CT molecular complexity index is 306. The fraction of sp³-hybridized carbons (Fsp3) is 0.400. The van der Waals surface area contributed by atoms with Gasteiger partial charge in [-0.05, 0) is 12.0 Å². The number of aryl methyl sites for hydroxylation is 1. The van der Waals surface area contributed by atoms with Crippen LogP contribution in [0.5, 0.6) is 0 Å². The molecular formula is C10H12NO+. The molecule has 0 atom stereocenters. The molecule has 0 N–H and O–H groups in total. The summed E-state index contributed by atoms with van der Waals surface area (Å²) in [5, 5.41) is 0. The van der Waals surface area contributed by atoms with Crippen LogP contribution in [0.1, 0.15) is 17.5 Å². The maximum atomic E-state index is 11.2. The molecule has 0 unspecified atom stereocenters. The van der Waals surface area contributed by atoms with E-state index in [1.807, 2.05) is 18.2 Å². The van der Waals surface area contributed by atoms with Gasteiger partial charge >= 0.3 is 0 Å². The molecule has 0 aromatic heterocycles. The lowest BCUT2D eigenvalue weighted by molar-refractivity contribution is -0.563. The Hall–Kier alpha value is -1.18. The first kappa shape index (κ1) is 7.47. The highest BCUT2D eigenvalue weighted by molar-refractivity contribution is 5.26. The molecule has 0 saturated carbocycles. The third kappa shape index (κ3) is 1.37. The smallest absolute Gasteiger partial charge is 0.0620 e. The van der Waals surface area contributed by atoms with Gasteiger partial charge in [-0.15, -0.1) is 0 Å². The summed E-state index contributed by atoms with van der Waals surface area (Å²) < 4.78 is 1.14. The van der Waals surface area contributed by atoms with Crippen LogP contribution in [0.2, 0.25) is 0 Å². The van der Waals surface area contributed by atoms with Crippen LogP contribution in [0.3, 0.4) is 0 Å². The lowest BCUT2D eigenvalue weighted by Gasteiger charge is -1.98. The van der Waals surface area contributed by atoms with Crippen LogP contribution in [0.15, 0.2) is 24.3 Å². The first-order valence-corrected chi connectivity index (χ1v) is 4.35. The van der Waals surface area contributed by atoms with E-state index in [4.69, 9.17) is 0 Å². The van der Waals surface area contributed by atoms with Gasteiger partial charge in [-0.1, -0.05) is 24.3 Å². The minimum atomic E-state index is 0.566. The SMILES string of the molecule is O=[N+]1CCCc2ccccc2C1. The second kappa shape index (κ2) is 3.05. The van der Waals surface area contributed by atoms with E-state index in [0.717, 1.165) is 17.6 Å². The number of nitrogens with zero attached hydrogens (tertiary/aromatic N) is 1. The normalized spacial score (nSPS) is 16.8. The molecule has 2 rings (SSSR count). The number of benzene rings is 1. The van der Waals surface area contributed by atoms with Crippen LogP contribution in [0, 0.1) is 4.91 Å². The highest BCUT2D eigenvalue weighted by atomic mass is 16.3. The fourth-order valence-electron chi connectivity index (χ4n) is 1.67. The van der Waals surface area contributed by atoms with Crippen molar-refractivity contribution in [3.63, 3.8) is 0 Å². The number of hydrogen-bond donors (Lipinski definition) is 0. The molecule has 1 heterocycles. The molecule has 0 aliphatic carbocycles. The van der Waals surface area contributed by atoms with E-state index < -0.39 is 0 Å². The highest BCUT2D eigenvalue weighted by Gasteiger charge is 2.16. The molecule has 0 spiro atoms. The molecule has 0 bridgehead atoms. The van der Waals surface area contributed by atoms with Gasteiger partial charge in [-0.25, -0.2) is 0 Å². The Balaban J connectivity index is 2.37. The molecule has 1 aromatic rings. The molecule has 0 fully saturated rings. The molecule has 1 aromatic carbocycles. The largest absolute Gasteiger partial charge is 0.217 e. The Kier molecular flexibility index (Phi) is 1.90. The van der Waals surface area contributed by atoms with Gasteiger partial charge < -0.3 is 0 Å². The van der Waals surface area contributed by atoms with Crippen molar-refractivity contribution in [1.82, 2.24) is 0 Å². The molecule has 0 radical (unpaired) electrons. The zero-order valence-corrected chi connectivity index (χ0v) is 6.99. The summed E-state index contributed by atoms with van der Waals surface area (Å²) in [5.74, 6) is 0. The fourth-order valence-corrected chi connectivity index (χ4v) is 1.67. The molecular weight excluding hydrogens is 150 g/mol. The van der Waals surface area contributed by atoms with Crippen LogP contribution < -0.4 is 0 Å². The van der Waals surface area contributed by atoms with Crippen molar-refractivity contribution in [2.45, 2.75) is 19.4 Å². The number of nitroso groups, excluding NO2 is 1. The van der Waals surface area contributed by atoms with Gasteiger partial charge in [0.2, 0.25) is 6.54 Å². The summed E-state index contributed by atoms with van der Waals surface area (Å²) in [4.78, 5) is 11.2. The van der Waals surface area contributed by atoms with Crippen molar-refractivity contribution in [2.24, 2.45) is 0 Å². The van der Waals surface area contributed by atoms with Gasteiger partial charge in [-0.2, -0.15) is 0 Å². The molecule has 2 heteroatoms. The van der Waals surface area contributed by atoms with Crippen molar-refractivity contribution in [3.8, 4) is 0 Å². The van der Waals surface area contributed by atoms with Crippen molar-refractivity contribution in [3.05, 3.63) is 40.3 Å². The number of rotatable bonds is 0. The Morgan fingerprint density at radius 2 is 1.92 bits per heavy atom. The summed E-state index contributed by atoms with van der Waals surface area (Å²) in [7, 11) is 0. The van der Waals surface area contributed by atoms with E-state index in [9.17, 15) is 4.91 Å². The zero-order chi connectivity index (χ0) is 8.39. The van der Waals surface area contributed by atoms with E-state index in [1.165, 1.54) is 11.1 Å². The zero-order valence-electron chi connectivity index (χ0n) is 6.99. The Labute approximate surface area is 71.8 Å². The molecule has 1 aliphatic rings. The summed E-state index contributed by atoms with van der Waals surface area (Å²) in [6.45, 7) is 1.24. The van der Waals surface area contributed by atoms with Crippen molar-refractivity contribution < 1.29 is 4.76 Å². The second-order valence-corrected chi connectivity index (χ2v) is 3.24. The quantitative estimate of drug-likeness (QED) is 0.533. The summed E-state index contributed by atoms with van der Waals surface area (Å²) in [6.07, 6.45) is 2.04. The lowest BCUT2D eigenvalue weighted by Crippen LogP contribution is -2.06. The van der Waals surface area contributed by atoms with Crippen LogP contribution >= 0.6 is 0 Å². The average Bonchev–Trinajstić information content (AvgIpc) is 2.25. The topological polar surface area (TPSA) is 20.1 Å². The first-order chi connectivity index (χ1) is 5.86. The third-order valence-electron chi connectivity index (χ3n) is 2.32. The van der Waals surface area contributed by atoms with E-state index >= 15 is 0 Å². The van der Waals surface area contributed by atoms with E-state index in [2.05, 4.69) is 6.07 Å². The van der Waals surface area contributed by atoms with Crippen LogP contribution in [0.25, 0.3) is 0 Å². The molecule has 2 nitrogen and oxygen atoms in total. The van der Waals surface area contributed by atoms with E-state index in [0.29, 0.717) is 13.1 Å². The van der Waals surface area contributed by atoms with Crippen LogP contribution in [-0.4, -0.2) is 11.3 Å². The maximum absolute atomic E-state index is 11.2. The predicted molar refractivity (Wildman–Crippen MR) is 47.0 cm³/mol. The summed E-state index contributed by atoms with van der Waals surface area (Å²) in [5.41, 5.74) is 2.54. The monoisotopic (exact) mass is 162 g/mol. The van der Waals surface area contributed by atoms with Crippen molar-refractivity contribution in [1.29, 1.82) is 0 Å². The number of hydrogen-bond acceptors (Lipinski definition) is 1. The predicted octanol–water partition coefficient (Wildman–Crippen LogP) is 1.91. The average molecular weight is 162 g/mol. The van der Waals surface area contributed by atoms with Gasteiger partial charge in [0.25, 0.3) is 0 Å². The standard InChI is InChI=1S/C10H12NO/c12-11-7-3-6-9-4-1-2-5-10(9)8-11/h1-2,4-5H,3,6-8H2/q+1. The molecule has 12 heavy (non-hydrogen) atoms. The molecule has 62 valence electrons. The van der Waals surface area contributed by atoms with E-state index in [1.54, 1.807) is 0 Å². The van der Waals surface area contributed by atoms with Crippen molar-refractivity contribution in [2.75, 3.05) is 6.54 Å². The van der Waals surface area contributed by atoms with E-state index in [-0.39, 0.29) is 0 Å². The van der Waals surface area contributed by atoms with Crippen LogP contribution in [-0.2, 0) is 13.0 Å². The van der Waals surface area contributed by atoms with Gasteiger partial charge in [0.1, 0.15) is 0 Å². The number of fused-ring (bicyclic) bond motifs is 1. The maximum Gasteiger partial charge on any atom is 0.217 e. The Morgan fingerprint density at radius 1 is 1.17 bits per heavy atom. The van der Waals surface area contributed by atoms with Gasteiger partial charge in [0, 0.05) is 21.7 Å². The van der Waals surface area contributed by atoms with Gasteiger partial charge in [0.15, 0.2) is 6.54 Å². The Morgan fingerprint density at radius 3 is 2.75 bits per heavy atom. The third-order valence-corrected chi connectivity index (χ3v) is 2.32. The molecule has 0 saturated heterocycles. The molecule has 1 aliphatic heterocycles. The van der Waals surface area contributed by atoms with Crippen molar-refractivity contribution >= 4 is 0 Å². The lowest BCUT2D eigenvalue weighted by atomic mass is 10.0. The van der Waals surface area contributed by atoms with Gasteiger partial charge in [0.05, 0.1) is 0 Å². The first-order valence-electron chi connectivity index (χ1n) is 4.35. The summed E-state index contributed by atoms with van der Waals surface area (Å²) in [6, 6.07) is 8.21. The van der Waals surface area contributed by atoms with Gasteiger partial charge in [-0.3, -0.25) is 0 Å². The minimum absolute atomic E-state index is 0.566. The molecule has 0 amide bonds. The second-order valence-electron chi connectivity index (χ2n) is 3.24. The highest BCUT2D eigenvalue weighted by Crippen LogP contribution is 2.15. The van der Waals surface area contributed by atoms with Crippen LogP contribution in [0.4, 0.5) is 0 Å². The minimum Gasteiger partial charge on any atom is -0.0620 e. The summed E-state index contributed by atoms with van der Waals surface area (Å²) >= 11 is 0.